The largest absolute Gasteiger partial charge is 0.310 e. The molecule has 0 amide bonds. The Morgan fingerprint density at radius 1 is 1.64 bits per heavy atom. The Morgan fingerprint density at radius 2 is 2.29 bits per heavy atom. The summed E-state index contributed by atoms with van der Waals surface area (Å²) in [5.74, 6) is 0.539. The second-order valence-corrected chi connectivity index (χ2v) is 3.82. The van der Waals surface area contributed by atoms with Gasteiger partial charge >= 0.3 is 5.69 Å². The highest BCUT2D eigenvalue weighted by Gasteiger charge is 2.17. The molecule has 5 heteroatoms. The van der Waals surface area contributed by atoms with Crippen molar-refractivity contribution < 1.29 is 4.92 Å². The van der Waals surface area contributed by atoms with E-state index < -0.39 is 0 Å². The number of rotatable bonds is 4. The van der Waals surface area contributed by atoms with E-state index in [0.29, 0.717) is 18.0 Å². The molecule has 1 aromatic rings. The Bertz CT molecular complexity index is 331. The molecule has 0 saturated carbocycles. The second kappa shape index (κ2) is 4.21. The first-order valence-corrected chi connectivity index (χ1v) is 4.67. The van der Waals surface area contributed by atoms with Crippen molar-refractivity contribution >= 4 is 5.69 Å². The molecule has 0 saturated heterocycles. The molecule has 0 aliphatic heterocycles. The summed E-state index contributed by atoms with van der Waals surface area (Å²) in [5.41, 5.74) is 0.722. The monoisotopic (exact) mass is 197 g/mol. The van der Waals surface area contributed by atoms with E-state index in [-0.39, 0.29) is 10.6 Å². The van der Waals surface area contributed by atoms with Crippen LogP contribution in [-0.2, 0) is 13.5 Å². The first-order chi connectivity index (χ1) is 6.50. The van der Waals surface area contributed by atoms with Crippen molar-refractivity contribution in [1.29, 1.82) is 0 Å². The van der Waals surface area contributed by atoms with E-state index in [2.05, 4.69) is 18.9 Å². The summed E-state index contributed by atoms with van der Waals surface area (Å²) in [7, 11) is 1.70. The van der Waals surface area contributed by atoms with Gasteiger partial charge in [0.1, 0.15) is 11.9 Å². The fourth-order valence-corrected chi connectivity index (χ4v) is 1.28. The van der Waals surface area contributed by atoms with Crippen LogP contribution in [0.15, 0.2) is 6.20 Å². The van der Waals surface area contributed by atoms with Crippen LogP contribution >= 0.6 is 0 Å². The molecule has 0 atom stereocenters. The molecular weight excluding hydrogens is 182 g/mol. The summed E-state index contributed by atoms with van der Waals surface area (Å²) in [6.07, 6.45) is 3.06. The van der Waals surface area contributed by atoms with Gasteiger partial charge in [-0.2, -0.15) is 5.10 Å². The molecular formula is C9H15N3O2. The molecule has 0 aliphatic rings. The van der Waals surface area contributed by atoms with Gasteiger partial charge in [-0.1, -0.05) is 13.8 Å². The summed E-state index contributed by atoms with van der Waals surface area (Å²) >= 11 is 0. The summed E-state index contributed by atoms with van der Waals surface area (Å²) in [6, 6.07) is 0. The van der Waals surface area contributed by atoms with Gasteiger partial charge in [0, 0.05) is 7.05 Å². The van der Waals surface area contributed by atoms with E-state index >= 15 is 0 Å². The highest BCUT2D eigenvalue weighted by Crippen LogP contribution is 2.19. The van der Waals surface area contributed by atoms with Gasteiger partial charge in [-0.15, -0.1) is 0 Å². The Kier molecular flexibility index (Phi) is 3.22. The van der Waals surface area contributed by atoms with E-state index in [1.165, 1.54) is 10.9 Å². The number of hydrogen-bond acceptors (Lipinski definition) is 3. The van der Waals surface area contributed by atoms with Gasteiger partial charge in [0.25, 0.3) is 0 Å². The van der Waals surface area contributed by atoms with Crippen LogP contribution in [0.25, 0.3) is 0 Å². The molecule has 78 valence electrons. The highest BCUT2D eigenvalue weighted by atomic mass is 16.6. The van der Waals surface area contributed by atoms with Crippen molar-refractivity contribution in [3.05, 3.63) is 22.0 Å². The predicted octanol–water partition coefficient (Wildman–Crippen LogP) is 1.92. The lowest BCUT2D eigenvalue weighted by molar-refractivity contribution is -0.385. The van der Waals surface area contributed by atoms with Crippen molar-refractivity contribution in [3.8, 4) is 0 Å². The van der Waals surface area contributed by atoms with Gasteiger partial charge in [-0.3, -0.25) is 14.8 Å². The average Bonchev–Trinajstić information content (AvgIpc) is 2.43. The fraction of sp³-hybridized carbons (Fsp3) is 0.667. The molecule has 14 heavy (non-hydrogen) atoms. The molecule has 1 rings (SSSR count). The van der Waals surface area contributed by atoms with Crippen molar-refractivity contribution in [3.63, 3.8) is 0 Å². The second-order valence-electron chi connectivity index (χ2n) is 3.82. The Morgan fingerprint density at radius 3 is 2.79 bits per heavy atom. The average molecular weight is 197 g/mol. The molecule has 0 fully saturated rings. The van der Waals surface area contributed by atoms with Crippen molar-refractivity contribution in [2.75, 3.05) is 0 Å². The highest BCUT2D eigenvalue weighted by molar-refractivity contribution is 5.32. The quantitative estimate of drug-likeness (QED) is 0.547. The van der Waals surface area contributed by atoms with Crippen molar-refractivity contribution in [1.82, 2.24) is 9.78 Å². The molecule has 0 unspecified atom stereocenters. The molecule has 1 aromatic heterocycles. The van der Waals surface area contributed by atoms with Crippen LogP contribution in [0.3, 0.4) is 0 Å². The summed E-state index contributed by atoms with van der Waals surface area (Å²) in [6.45, 7) is 4.18. The number of hydrogen-bond donors (Lipinski definition) is 0. The van der Waals surface area contributed by atoms with Crippen LogP contribution in [0.5, 0.6) is 0 Å². The molecule has 0 spiro atoms. The maximum Gasteiger partial charge on any atom is 0.310 e. The zero-order chi connectivity index (χ0) is 10.7. The van der Waals surface area contributed by atoms with Crippen LogP contribution < -0.4 is 0 Å². The molecule has 0 N–H and O–H groups in total. The Balaban J connectivity index is 2.79. The molecule has 0 aromatic carbocycles. The fourth-order valence-electron chi connectivity index (χ4n) is 1.28. The SMILES string of the molecule is CC(C)CCc1nn(C)cc1[N+](=O)[O-]. The Hall–Kier alpha value is -1.39. The number of nitro groups is 1. The minimum absolute atomic E-state index is 0.133. The predicted molar refractivity (Wildman–Crippen MR) is 53.0 cm³/mol. The van der Waals surface area contributed by atoms with Crippen molar-refractivity contribution in [2.45, 2.75) is 26.7 Å². The van der Waals surface area contributed by atoms with Crippen LogP contribution in [-0.4, -0.2) is 14.7 Å². The normalized spacial score (nSPS) is 10.9. The van der Waals surface area contributed by atoms with Crippen LogP contribution in [0, 0.1) is 16.0 Å². The molecule has 1 heterocycles. The first-order valence-electron chi connectivity index (χ1n) is 4.67. The van der Waals surface area contributed by atoms with Gasteiger partial charge < -0.3 is 0 Å². The molecule has 0 radical (unpaired) electrons. The minimum Gasteiger partial charge on any atom is -0.268 e. The van der Waals surface area contributed by atoms with Crippen LogP contribution in [0.4, 0.5) is 5.69 Å². The third kappa shape index (κ3) is 2.55. The topological polar surface area (TPSA) is 61.0 Å². The van der Waals surface area contributed by atoms with Gasteiger partial charge in [0.15, 0.2) is 0 Å². The third-order valence-electron chi connectivity index (χ3n) is 2.04. The molecule has 5 nitrogen and oxygen atoms in total. The van der Waals surface area contributed by atoms with Gasteiger partial charge in [-0.05, 0) is 18.8 Å². The van der Waals surface area contributed by atoms with Gasteiger partial charge in [-0.25, -0.2) is 0 Å². The Labute approximate surface area is 82.9 Å². The van der Waals surface area contributed by atoms with E-state index in [1.54, 1.807) is 7.05 Å². The third-order valence-corrected chi connectivity index (χ3v) is 2.04. The van der Waals surface area contributed by atoms with E-state index in [9.17, 15) is 10.1 Å². The van der Waals surface area contributed by atoms with Crippen LogP contribution in [0.2, 0.25) is 0 Å². The number of aryl methyl sites for hydroxylation is 2. The maximum atomic E-state index is 10.6. The zero-order valence-electron chi connectivity index (χ0n) is 8.73. The van der Waals surface area contributed by atoms with Crippen LogP contribution in [0.1, 0.15) is 26.0 Å². The standard InChI is InChI=1S/C9H15N3O2/c1-7(2)4-5-8-9(12(13)14)6-11(3)10-8/h6-7H,4-5H2,1-3H3. The van der Waals surface area contributed by atoms with E-state index in [0.717, 1.165) is 6.42 Å². The minimum atomic E-state index is -0.372. The summed E-state index contributed by atoms with van der Waals surface area (Å²) in [5, 5.41) is 14.7. The first kappa shape index (κ1) is 10.7. The van der Waals surface area contributed by atoms with E-state index in [4.69, 9.17) is 0 Å². The lowest BCUT2D eigenvalue weighted by Crippen LogP contribution is -1.97. The smallest absolute Gasteiger partial charge is 0.268 e. The summed E-state index contributed by atoms with van der Waals surface area (Å²) in [4.78, 5) is 10.3. The number of aromatic nitrogens is 2. The maximum absolute atomic E-state index is 10.6. The lowest BCUT2D eigenvalue weighted by atomic mass is 10.1. The molecule has 0 aliphatic carbocycles. The lowest BCUT2D eigenvalue weighted by Gasteiger charge is -2.00. The molecule has 0 bridgehead atoms. The van der Waals surface area contributed by atoms with E-state index in [1.807, 2.05) is 0 Å². The summed E-state index contributed by atoms with van der Waals surface area (Å²) < 4.78 is 1.49. The van der Waals surface area contributed by atoms with Crippen molar-refractivity contribution in [2.24, 2.45) is 13.0 Å². The zero-order valence-corrected chi connectivity index (χ0v) is 8.73. The van der Waals surface area contributed by atoms with Gasteiger partial charge in [0.2, 0.25) is 0 Å². The number of nitrogens with zero attached hydrogens (tertiary/aromatic N) is 3. The van der Waals surface area contributed by atoms with Gasteiger partial charge in [0.05, 0.1) is 4.92 Å².